The number of rotatable bonds is 4. The number of carbonyl (C=O) groups is 1. The van der Waals surface area contributed by atoms with Gasteiger partial charge in [-0.2, -0.15) is 0 Å². The van der Waals surface area contributed by atoms with Gasteiger partial charge in [0.25, 0.3) is 11.6 Å². The molecule has 124 valence electrons. The third-order valence-electron chi connectivity index (χ3n) is 4.05. The Balaban J connectivity index is 1.71. The van der Waals surface area contributed by atoms with Crippen LogP contribution in [0.2, 0.25) is 0 Å². The molecule has 1 amide bonds. The first kappa shape index (κ1) is 16.0. The molecule has 2 aromatic carbocycles. The number of aryl methyl sites for hydroxylation is 1. The van der Waals surface area contributed by atoms with Gasteiger partial charge in [-0.15, -0.1) is 0 Å². The van der Waals surface area contributed by atoms with Gasteiger partial charge in [0.2, 0.25) is 0 Å². The molecule has 0 aromatic heterocycles. The number of nitro groups is 1. The molecule has 0 saturated carbocycles. The van der Waals surface area contributed by atoms with Crippen molar-refractivity contribution in [3.05, 3.63) is 64.2 Å². The van der Waals surface area contributed by atoms with Gasteiger partial charge in [-0.1, -0.05) is 24.3 Å². The number of nitrogens with zero attached hydrogens (tertiary/aromatic N) is 2. The van der Waals surface area contributed by atoms with E-state index >= 15 is 0 Å². The Hall–Kier alpha value is -2.89. The number of benzene rings is 2. The standard InChI is InChI=1S/C18H18N2O4/c21-18(13-24-16-9-5-8-15(12-16)20(22)23)19-11-4-3-7-14-6-1-2-10-17(14)19/h1-2,5-6,8-10,12H,3-4,7,11,13H2. The van der Waals surface area contributed by atoms with E-state index in [1.807, 2.05) is 24.3 Å². The van der Waals surface area contributed by atoms with Gasteiger partial charge in [0.1, 0.15) is 5.75 Å². The summed E-state index contributed by atoms with van der Waals surface area (Å²) in [6.07, 6.45) is 2.95. The van der Waals surface area contributed by atoms with Crippen LogP contribution in [-0.2, 0) is 11.2 Å². The topological polar surface area (TPSA) is 72.7 Å². The van der Waals surface area contributed by atoms with Crippen molar-refractivity contribution < 1.29 is 14.5 Å². The molecule has 0 N–H and O–H groups in total. The van der Waals surface area contributed by atoms with E-state index in [0.717, 1.165) is 24.9 Å². The Morgan fingerprint density at radius 3 is 2.83 bits per heavy atom. The molecule has 1 aliphatic rings. The van der Waals surface area contributed by atoms with Gasteiger partial charge >= 0.3 is 0 Å². The predicted molar refractivity (Wildman–Crippen MR) is 90.3 cm³/mol. The van der Waals surface area contributed by atoms with E-state index in [2.05, 4.69) is 0 Å². The lowest BCUT2D eigenvalue weighted by Crippen LogP contribution is -2.35. The summed E-state index contributed by atoms with van der Waals surface area (Å²) in [5, 5.41) is 10.8. The lowest BCUT2D eigenvalue weighted by molar-refractivity contribution is -0.384. The summed E-state index contributed by atoms with van der Waals surface area (Å²) in [5.41, 5.74) is 2.04. The summed E-state index contributed by atoms with van der Waals surface area (Å²) >= 11 is 0. The van der Waals surface area contributed by atoms with Crippen LogP contribution >= 0.6 is 0 Å². The second kappa shape index (κ2) is 7.12. The van der Waals surface area contributed by atoms with Crippen LogP contribution in [0.4, 0.5) is 11.4 Å². The van der Waals surface area contributed by atoms with Crippen molar-refractivity contribution in [2.75, 3.05) is 18.1 Å². The zero-order valence-corrected chi connectivity index (χ0v) is 13.2. The molecule has 0 radical (unpaired) electrons. The zero-order valence-electron chi connectivity index (χ0n) is 13.2. The molecule has 24 heavy (non-hydrogen) atoms. The molecule has 3 rings (SSSR count). The average molecular weight is 326 g/mol. The number of carbonyl (C=O) groups excluding carboxylic acids is 1. The molecule has 6 nitrogen and oxygen atoms in total. The first-order valence-corrected chi connectivity index (χ1v) is 7.90. The third-order valence-corrected chi connectivity index (χ3v) is 4.05. The predicted octanol–water partition coefficient (Wildman–Crippen LogP) is 3.34. The number of fused-ring (bicyclic) bond motifs is 1. The van der Waals surface area contributed by atoms with Crippen LogP contribution in [0.3, 0.4) is 0 Å². The fraction of sp³-hybridized carbons (Fsp3) is 0.278. The van der Waals surface area contributed by atoms with E-state index in [-0.39, 0.29) is 18.2 Å². The minimum atomic E-state index is -0.486. The number of anilines is 1. The van der Waals surface area contributed by atoms with Crippen LogP contribution in [0, 0.1) is 10.1 Å². The zero-order chi connectivity index (χ0) is 16.9. The summed E-state index contributed by atoms with van der Waals surface area (Å²) in [6, 6.07) is 13.8. The van der Waals surface area contributed by atoms with Crippen molar-refractivity contribution in [2.45, 2.75) is 19.3 Å². The van der Waals surface area contributed by atoms with E-state index < -0.39 is 4.92 Å². The van der Waals surface area contributed by atoms with E-state index in [1.54, 1.807) is 17.0 Å². The van der Waals surface area contributed by atoms with E-state index in [4.69, 9.17) is 4.74 Å². The molecule has 0 bridgehead atoms. The summed E-state index contributed by atoms with van der Waals surface area (Å²) in [6.45, 7) is 0.518. The largest absolute Gasteiger partial charge is 0.483 e. The number of ether oxygens (including phenoxy) is 1. The Kier molecular flexibility index (Phi) is 4.74. The number of para-hydroxylation sites is 1. The minimum Gasteiger partial charge on any atom is -0.483 e. The maximum absolute atomic E-state index is 12.6. The van der Waals surface area contributed by atoms with Crippen molar-refractivity contribution >= 4 is 17.3 Å². The van der Waals surface area contributed by atoms with E-state index in [1.165, 1.54) is 17.7 Å². The van der Waals surface area contributed by atoms with Gasteiger partial charge in [0, 0.05) is 18.3 Å². The minimum absolute atomic E-state index is 0.0555. The molecular weight excluding hydrogens is 308 g/mol. The fourth-order valence-corrected chi connectivity index (χ4v) is 2.86. The second-order valence-electron chi connectivity index (χ2n) is 5.67. The monoisotopic (exact) mass is 326 g/mol. The van der Waals surface area contributed by atoms with Gasteiger partial charge in [0.15, 0.2) is 6.61 Å². The van der Waals surface area contributed by atoms with E-state index in [9.17, 15) is 14.9 Å². The highest BCUT2D eigenvalue weighted by molar-refractivity contribution is 5.95. The molecule has 0 aliphatic carbocycles. The fourth-order valence-electron chi connectivity index (χ4n) is 2.86. The second-order valence-corrected chi connectivity index (χ2v) is 5.67. The normalized spacial score (nSPS) is 13.8. The van der Waals surface area contributed by atoms with Crippen LogP contribution in [0.25, 0.3) is 0 Å². The average Bonchev–Trinajstić information content (AvgIpc) is 2.82. The molecule has 1 aliphatic heterocycles. The van der Waals surface area contributed by atoms with Crippen LogP contribution in [0.15, 0.2) is 48.5 Å². The molecule has 1 heterocycles. The SMILES string of the molecule is O=C(COc1cccc([N+](=O)[O-])c1)N1CCCCc2ccccc21. The molecule has 6 heteroatoms. The van der Waals surface area contributed by atoms with Gasteiger partial charge in [-0.3, -0.25) is 14.9 Å². The van der Waals surface area contributed by atoms with Crippen molar-refractivity contribution in [3.8, 4) is 5.75 Å². The number of hydrogen-bond acceptors (Lipinski definition) is 4. The first-order chi connectivity index (χ1) is 11.6. The Labute approximate surface area is 139 Å². The maximum atomic E-state index is 12.6. The third kappa shape index (κ3) is 3.53. The Morgan fingerprint density at radius 1 is 1.17 bits per heavy atom. The van der Waals surface area contributed by atoms with Crippen LogP contribution < -0.4 is 9.64 Å². The van der Waals surface area contributed by atoms with Crippen molar-refractivity contribution in [1.29, 1.82) is 0 Å². The number of amides is 1. The summed E-state index contributed by atoms with van der Waals surface area (Å²) in [4.78, 5) is 24.6. The lowest BCUT2D eigenvalue weighted by atomic mass is 10.1. The van der Waals surface area contributed by atoms with Gasteiger partial charge in [-0.25, -0.2) is 0 Å². The van der Waals surface area contributed by atoms with Crippen molar-refractivity contribution in [1.82, 2.24) is 0 Å². The molecule has 2 aromatic rings. The van der Waals surface area contributed by atoms with Gasteiger partial charge in [0.05, 0.1) is 11.0 Å². The van der Waals surface area contributed by atoms with Crippen LogP contribution in [-0.4, -0.2) is 24.0 Å². The molecule has 0 unspecified atom stereocenters. The highest BCUT2D eigenvalue weighted by atomic mass is 16.6. The smallest absolute Gasteiger partial charge is 0.273 e. The summed E-state index contributed by atoms with van der Waals surface area (Å²) in [7, 11) is 0. The van der Waals surface area contributed by atoms with Crippen LogP contribution in [0.1, 0.15) is 18.4 Å². The number of non-ortho nitro benzene ring substituents is 1. The highest BCUT2D eigenvalue weighted by Crippen LogP contribution is 2.26. The molecule has 0 spiro atoms. The quantitative estimate of drug-likeness (QED) is 0.638. The summed E-state index contributed by atoms with van der Waals surface area (Å²) < 4.78 is 5.47. The van der Waals surface area contributed by atoms with Gasteiger partial charge in [-0.05, 0) is 37.0 Å². The Bertz CT molecular complexity index is 760. The van der Waals surface area contributed by atoms with E-state index in [0.29, 0.717) is 12.3 Å². The number of nitro benzene ring substituents is 1. The lowest BCUT2D eigenvalue weighted by Gasteiger charge is -2.23. The summed E-state index contributed by atoms with van der Waals surface area (Å²) in [5.74, 6) is 0.177. The first-order valence-electron chi connectivity index (χ1n) is 7.90. The molecule has 0 saturated heterocycles. The van der Waals surface area contributed by atoms with Gasteiger partial charge < -0.3 is 9.64 Å². The number of hydrogen-bond donors (Lipinski definition) is 0. The molecule has 0 fully saturated rings. The van der Waals surface area contributed by atoms with Crippen molar-refractivity contribution in [3.63, 3.8) is 0 Å². The Morgan fingerprint density at radius 2 is 2.00 bits per heavy atom. The maximum Gasteiger partial charge on any atom is 0.273 e. The van der Waals surface area contributed by atoms with Crippen molar-refractivity contribution in [2.24, 2.45) is 0 Å². The van der Waals surface area contributed by atoms with Crippen LogP contribution in [0.5, 0.6) is 5.75 Å². The highest BCUT2D eigenvalue weighted by Gasteiger charge is 2.21. The molecule has 0 atom stereocenters. The molecular formula is C18H18N2O4.